The van der Waals surface area contributed by atoms with Crippen LogP contribution in [0, 0.1) is 25.9 Å². The average Bonchev–Trinajstić information content (AvgIpc) is 2.52. The molecule has 0 aliphatic heterocycles. The van der Waals surface area contributed by atoms with E-state index in [4.69, 9.17) is 14.0 Å². The zero-order valence-corrected chi connectivity index (χ0v) is 12.2. The second-order valence-corrected chi connectivity index (χ2v) is 3.29. The van der Waals surface area contributed by atoms with E-state index in [0.717, 1.165) is 0 Å². The summed E-state index contributed by atoms with van der Waals surface area (Å²) in [6, 6.07) is 10.6. The molecular weight excluding hydrogens is 280 g/mol. The van der Waals surface area contributed by atoms with Crippen LogP contribution < -0.4 is 0 Å². The summed E-state index contributed by atoms with van der Waals surface area (Å²) < 4.78 is 22.5. The molecule has 0 saturated heterocycles. The fraction of sp³-hybridized carbons (Fsp3) is 0.267. The van der Waals surface area contributed by atoms with Gasteiger partial charge in [-0.2, -0.15) is 0 Å². The van der Waals surface area contributed by atoms with Gasteiger partial charge < -0.3 is 0 Å². The first kappa shape index (κ1) is 26.3. The van der Waals surface area contributed by atoms with Gasteiger partial charge in [-0.15, -0.1) is 6.58 Å². The Balaban J connectivity index is -0.000000142. The van der Waals surface area contributed by atoms with Crippen LogP contribution in [0.3, 0.4) is 0 Å². The Morgan fingerprint density at radius 1 is 0.947 bits per heavy atom. The van der Waals surface area contributed by atoms with E-state index in [0.29, 0.717) is 11.8 Å². The maximum absolute atomic E-state index is 7.50. The third-order valence-electron chi connectivity index (χ3n) is 2.49. The Hall–Kier alpha value is -1.29. The number of hydrogen-bond acceptors (Lipinski definition) is 0. The molecule has 1 rings (SSSR count). The van der Waals surface area contributed by atoms with Gasteiger partial charge in [0.25, 0.3) is 0 Å². The van der Waals surface area contributed by atoms with E-state index in [-0.39, 0.29) is 17.4 Å². The van der Waals surface area contributed by atoms with Crippen molar-refractivity contribution in [3.63, 3.8) is 0 Å². The van der Waals surface area contributed by atoms with Crippen molar-refractivity contribution in [2.24, 2.45) is 5.92 Å². The number of benzene rings is 1. The molecule has 19 heavy (non-hydrogen) atoms. The molecule has 0 aromatic heterocycles. The molecule has 1 aromatic rings. The minimum atomic E-state index is 0. The van der Waals surface area contributed by atoms with Gasteiger partial charge in [-0.1, -0.05) is 50.3 Å². The standard InChI is InChI=1S/C12H16.3CO.Cr/c1-4-10(2)11(3)12-8-6-5-7-9-12;3*1-2;/h4-11H,1H2,2-3H3;;;;/t10-,11+;;;;/m1..../s1. The van der Waals surface area contributed by atoms with Crippen molar-refractivity contribution in [2.75, 3.05) is 0 Å². The van der Waals surface area contributed by atoms with Gasteiger partial charge in [0.1, 0.15) is 0 Å². The first-order chi connectivity index (χ1) is 8.75. The first-order valence-corrected chi connectivity index (χ1v) is 5.04. The second-order valence-electron chi connectivity index (χ2n) is 3.29. The van der Waals surface area contributed by atoms with E-state index >= 15 is 0 Å². The topological polar surface area (TPSA) is 59.7 Å². The zero-order valence-electron chi connectivity index (χ0n) is 11.0. The maximum Gasteiger partial charge on any atom is 0 e. The Morgan fingerprint density at radius 3 is 1.63 bits per heavy atom. The van der Waals surface area contributed by atoms with E-state index in [1.165, 1.54) is 5.56 Å². The zero-order chi connectivity index (χ0) is 15.0. The third-order valence-corrected chi connectivity index (χ3v) is 2.49. The molecule has 1 aromatic carbocycles. The van der Waals surface area contributed by atoms with Crippen LogP contribution in [0.5, 0.6) is 0 Å². The van der Waals surface area contributed by atoms with Crippen molar-refractivity contribution >= 4 is 0 Å². The predicted octanol–water partition coefficient (Wildman–Crippen LogP) is 3.50. The molecule has 0 aliphatic carbocycles. The van der Waals surface area contributed by atoms with Crippen LogP contribution >= 0.6 is 0 Å². The Morgan fingerprint density at radius 2 is 1.32 bits per heavy atom. The van der Waals surface area contributed by atoms with Gasteiger partial charge in [-0.05, 0) is 17.4 Å². The fourth-order valence-corrected chi connectivity index (χ4v) is 1.26. The molecule has 0 heterocycles. The number of hydrogen-bond donors (Lipinski definition) is 0. The van der Waals surface area contributed by atoms with E-state index in [2.05, 4.69) is 70.7 Å². The van der Waals surface area contributed by atoms with Gasteiger partial charge in [-0.25, -0.2) is 0 Å². The van der Waals surface area contributed by atoms with Gasteiger partial charge in [0.05, 0.1) is 0 Å². The van der Waals surface area contributed by atoms with Gasteiger partial charge in [0.15, 0.2) is 0 Å². The van der Waals surface area contributed by atoms with Crippen LogP contribution in [0.2, 0.25) is 0 Å². The first-order valence-electron chi connectivity index (χ1n) is 5.04. The molecule has 0 saturated carbocycles. The minimum Gasteiger partial charge on any atom is 0 e. The van der Waals surface area contributed by atoms with Crippen molar-refractivity contribution < 1.29 is 31.3 Å². The third kappa shape index (κ3) is 13.0. The smallest absolute Gasteiger partial charge is 0 e. The van der Waals surface area contributed by atoms with Crippen molar-refractivity contribution in [1.29, 1.82) is 0 Å². The molecule has 0 N–H and O–H groups in total. The van der Waals surface area contributed by atoms with E-state index < -0.39 is 0 Å². The van der Waals surface area contributed by atoms with Crippen LogP contribution in [0.4, 0.5) is 0 Å². The summed E-state index contributed by atoms with van der Waals surface area (Å²) in [5, 5.41) is 0. The SMILES string of the molecule is C=C[C@@H](C)[C@H](C)c1ccccc1.[C-]#[O+].[C-]#[O+].[C-]#[O+].[Cr]. The summed E-state index contributed by atoms with van der Waals surface area (Å²) in [5.74, 6) is 1.12. The summed E-state index contributed by atoms with van der Waals surface area (Å²) in [5.41, 5.74) is 1.39. The predicted molar refractivity (Wildman–Crippen MR) is 66.0 cm³/mol. The Kier molecular flexibility index (Phi) is 30.4. The molecule has 0 radical (unpaired) electrons. The van der Waals surface area contributed by atoms with Gasteiger partial charge in [-0.3, -0.25) is 0 Å². The largest absolute Gasteiger partial charge is 0 e. The van der Waals surface area contributed by atoms with Gasteiger partial charge >= 0.3 is 33.9 Å². The van der Waals surface area contributed by atoms with Crippen molar-refractivity contribution in [3.8, 4) is 0 Å². The molecule has 2 atom stereocenters. The van der Waals surface area contributed by atoms with E-state index in [9.17, 15) is 0 Å². The molecule has 3 nitrogen and oxygen atoms in total. The number of rotatable bonds is 3. The molecule has 0 unspecified atom stereocenters. The quantitative estimate of drug-likeness (QED) is 0.466. The molecule has 0 amide bonds. The van der Waals surface area contributed by atoms with Crippen molar-refractivity contribution in [1.82, 2.24) is 0 Å². The molecule has 0 aliphatic rings. The molecule has 0 fully saturated rings. The van der Waals surface area contributed by atoms with Crippen LogP contribution in [0.1, 0.15) is 25.3 Å². The van der Waals surface area contributed by atoms with E-state index in [1.54, 1.807) is 0 Å². The van der Waals surface area contributed by atoms with Crippen LogP contribution in [-0.4, -0.2) is 0 Å². The summed E-state index contributed by atoms with van der Waals surface area (Å²) in [7, 11) is 0. The molecule has 100 valence electrons. The van der Waals surface area contributed by atoms with Crippen LogP contribution in [-0.2, 0) is 31.3 Å². The summed E-state index contributed by atoms with van der Waals surface area (Å²) >= 11 is 0. The minimum absolute atomic E-state index is 0. The van der Waals surface area contributed by atoms with Crippen molar-refractivity contribution in [2.45, 2.75) is 19.8 Å². The fourth-order valence-electron chi connectivity index (χ4n) is 1.26. The van der Waals surface area contributed by atoms with Crippen molar-refractivity contribution in [3.05, 3.63) is 68.5 Å². The monoisotopic (exact) mass is 296 g/mol. The summed E-state index contributed by atoms with van der Waals surface area (Å²) in [4.78, 5) is 0. The van der Waals surface area contributed by atoms with E-state index in [1.807, 2.05) is 6.08 Å². The second kappa shape index (κ2) is 21.9. The average molecular weight is 296 g/mol. The van der Waals surface area contributed by atoms with Crippen LogP contribution in [0.25, 0.3) is 0 Å². The molecule has 0 bridgehead atoms. The molecule has 0 spiro atoms. The van der Waals surface area contributed by atoms with Crippen LogP contribution in [0.15, 0.2) is 43.0 Å². The maximum atomic E-state index is 7.50. The molecular formula is C15H16CrO3. The Bertz CT molecular complexity index is 340. The van der Waals surface area contributed by atoms with Gasteiger partial charge in [0, 0.05) is 17.4 Å². The summed E-state index contributed by atoms with van der Waals surface area (Å²) in [6.07, 6.45) is 2.01. The Labute approximate surface area is 126 Å². The normalized spacial score (nSPS) is 9.89. The summed E-state index contributed by atoms with van der Waals surface area (Å²) in [6.45, 7) is 21.7. The molecule has 4 heteroatoms. The van der Waals surface area contributed by atoms with Gasteiger partial charge in [0.2, 0.25) is 0 Å². The number of allylic oxidation sites excluding steroid dienone is 1.